The van der Waals surface area contributed by atoms with E-state index in [1.807, 2.05) is 13.8 Å². The Morgan fingerprint density at radius 3 is 2.44 bits per heavy atom. The van der Waals surface area contributed by atoms with Gasteiger partial charge in [-0.1, -0.05) is 6.92 Å². The monoisotopic (exact) mass is 252 g/mol. The van der Waals surface area contributed by atoms with Crippen molar-refractivity contribution in [2.75, 3.05) is 13.1 Å². The van der Waals surface area contributed by atoms with Crippen LogP contribution in [0.4, 0.5) is 4.79 Å². The van der Waals surface area contributed by atoms with Crippen LogP contribution in [-0.4, -0.2) is 29.3 Å². The van der Waals surface area contributed by atoms with Gasteiger partial charge in [-0.25, -0.2) is 4.79 Å². The van der Waals surface area contributed by atoms with E-state index in [-0.39, 0.29) is 17.5 Å². The number of hydrogen-bond donors (Lipinski definition) is 4. The van der Waals surface area contributed by atoms with Crippen molar-refractivity contribution < 1.29 is 15.0 Å². The van der Waals surface area contributed by atoms with Crippen LogP contribution in [0, 0.1) is 6.92 Å². The second-order valence-electron chi connectivity index (χ2n) is 4.20. The molecule has 0 spiro atoms. The van der Waals surface area contributed by atoms with Crippen molar-refractivity contribution in [2.45, 2.75) is 26.7 Å². The predicted octanol–water partition coefficient (Wildman–Crippen LogP) is 1.66. The van der Waals surface area contributed by atoms with Gasteiger partial charge >= 0.3 is 6.03 Å². The Morgan fingerprint density at radius 1 is 1.17 bits per heavy atom. The van der Waals surface area contributed by atoms with E-state index in [9.17, 15) is 15.0 Å². The molecule has 1 aromatic carbocycles. The van der Waals surface area contributed by atoms with Crippen LogP contribution >= 0.6 is 0 Å². The number of benzene rings is 1. The van der Waals surface area contributed by atoms with Gasteiger partial charge in [0.2, 0.25) is 0 Å². The van der Waals surface area contributed by atoms with Crippen LogP contribution in [0.2, 0.25) is 0 Å². The smallest absolute Gasteiger partial charge is 0.314 e. The van der Waals surface area contributed by atoms with E-state index in [4.69, 9.17) is 0 Å². The van der Waals surface area contributed by atoms with Crippen LogP contribution in [0.25, 0.3) is 0 Å². The molecule has 0 radical (unpaired) electrons. The van der Waals surface area contributed by atoms with Crippen molar-refractivity contribution in [3.63, 3.8) is 0 Å². The summed E-state index contributed by atoms with van der Waals surface area (Å²) in [6.07, 6.45) is 1.51. The zero-order valence-electron chi connectivity index (χ0n) is 10.8. The largest absolute Gasteiger partial charge is 0.504 e. The molecule has 5 heteroatoms. The number of rotatable bonds is 5. The summed E-state index contributed by atoms with van der Waals surface area (Å²) in [7, 11) is 0. The molecule has 0 aliphatic carbocycles. The Labute approximate surface area is 107 Å². The summed E-state index contributed by atoms with van der Waals surface area (Å²) < 4.78 is 0. The van der Waals surface area contributed by atoms with Gasteiger partial charge in [-0.3, -0.25) is 0 Å². The molecule has 1 aromatic rings. The van der Waals surface area contributed by atoms with Crippen molar-refractivity contribution >= 4 is 6.03 Å². The van der Waals surface area contributed by atoms with Gasteiger partial charge in [-0.15, -0.1) is 0 Å². The fourth-order valence-corrected chi connectivity index (χ4v) is 1.61. The Balaban J connectivity index is 2.44. The number of urea groups is 1. The molecule has 18 heavy (non-hydrogen) atoms. The number of phenolic OH excluding ortho intramolecular Hbond substituents is 2. The molecule has 0 bridgehead atoms. The molecular formula is C13H20N2O3. The number of aryl methyl sites for hydroxylation is 1. The Kier molecular flexibility index (Phi) is 5.30. The molecule has 0 saturated heterocycles. The average molecular weight is 252 g/mol. The van der Waals surface area contributed by atoms with E-state index < -0.39 is 0 Å². The Hall–Kier alpha value is -1.91. The van der Waals surface area contributed by atoms with E-state index in [0.29, 0.717) is 19.5 Å². The molecule has 100 valence electrons. The van der Waals surface area contributed by atoms with Crippen LogP contribution in [0.5, 0.6) is 11.5 Å². The highest BCUT2D eigenvalue weighted by atomic mass is 16.3. The third kappa shape index (κ3) is 4.16. The van der Waals surface area contributed by atoms with Crippen molar-refractivity contribution in [1.82, 2.24) is 10.6 Å². The SMILES string of the molecule is CCCNC(=O)NCCc1cc(O)c(O)cc1C. The second-order valence-corrected chi connectivity index (χ2v) is 4.20. The average Bonchev–Trinajstić information content (AvgIpc) is 2.33. The third-order valence-corrected chi connectivity index (χ3v) is 2.65. The summed E-state index contributed by atoms with van der Waals surface area (Å²) in [5.74, 6) is -0.254. The summed E-state index contributed by atoms with van der Waals surface area (Å²) in [5, 5.41) is 24.2. The topological polar surface area (TPSA) is 81.6 Å². The van der Waals surface area contributed by atoms with Gasteiger partial charge in [0.15, 0.2) is 11.5 Å². The Bertz CT molecular complexity index is 419. The Morgan fingerprint density at radius 2 is 1.78 bits per heavy atom. The normalized spacial score (nSPS) is 10.1. The standard InChI is InChI=1S/C13H20N2O3/c1-3-5-14-13(18)15-6-4-10-8-12(17)11(16)7-9(10)2/h7-8,16-17H,3-6H2,1-2H3,(H2,14,15,18). The van der Waals surface area contributed by atoms with Gasteiger partial charge in [0, 0.05) is 13.1 Å². The van der Waals surface area contributed by atoms with Gasteiger partial charge < -0.3 is 20.8 Å². The van der Waals surface area contributed by atoms with Crippen molar-refractivity contribution in [3.8, 4) is 11.5 Å². The van der Waals surface area contributed by atoms with Gasteiger partial charge in [-0.2, -0.15) is 0 Å². The molecule has 0 aromatic heterocycles. The maximum absolute atomic E-state index is 11.3. The summed E-state index contributed by atoms with van der Waals surface area (Å²) >= 11 is 0. The van der Waals surface area contributed by atoms with Gasteiger partial charge in [-0.05, 0) is 43.0 Å². The number of phenols is 2. The zero-order valence-corrected chi connectivity index (χ0v) is 10.8. The van der Waals surface area contributed by atoms with Crippen LogP contribution in [0.1, 0.15) is 24.5 Å². The highest BCUT2D eigenvalue weighted by Crippen LogP contribution is 2.27. The number of hydrogen-bond acceptors (Lipinski definition) is 3. The molecule has 0 heterocycles. The van der Waals surface area contributed by atoms with Crippen LogP contribution < -0.4 is 10.6 Å². The predicted molar refractivity (Wildman–Crippen MR) is 69.9 cm³/mol. The fourth-order valence-electron chi connectivity index (χ4n) is 1.61. The summed E-state index contributed by atoms with van der Waals surface area (Å²) in [6.45, 7) is 4.99. The molecule has 5 nitrogen and oxygen atoms in total. The lowest BCUT2D eigenvalue weighted by Crippen LogP contribution is -2.36. The number of amides is 2. The first-order valence-corrected chi connectivity index (χ1v) is 6.07. The molecule has 0 saturated carbocycles. The third-order valence-electron chi connectivity index (χ3n) is 2.65. The first kappa shape index (κ1) is 14.2. The molecule has 2 amide bonds. The van der Waals surface area contributed by atoms with E-state index in [0.717, 1.165) is 17.5 Å². The number of nitrogens with one attached hydrogen (secondary N) is 2. The minimum absolute atomic E-state index is 0.120. The molecule has 0 fully saturated rings. The quantitative estimate of drug-likeness (QED) is 0.601. The number of carbonyl (C=O) groups is 1. The van der Waals surface area contributed by atoms with Crippen LogP contribution in [-0.2, 0) is 6.42 Å². The highest BCUT2D eigenvalue weighted by Gasteiger charge is 2.06. The minimum atomic E-state index is -0.183. The fraction of sp³-hybridized carbons (Fsp3) is 0.462. The lowest BCUT2D eigenvalue weighted by Gasteiger charge is -2.09. The molecule has 0 aliphatic rings. The van der Waals surface area contributed by atoms with Crippen LogP contribution in [0.15, 0.2) is 12.1 Å². The molecule has 1 rings (SSSR count). The van der Waals surface area contributed by atoms with Crippen molar-refractivity contribution in [3.05, 3.63) is 23.3 Å². The van der Waals surface area contributed by atoms with Gasteiger partial charge in [0.25, 0.3) is 0 Å². The second kappa shape index (κ2) is 6.74. The zero-order chi connectivity index (χ0) is 13.5. The van der Waals surface area contributed by atoms with E-state index in [1.54, 1.807) is 0 Å². The van der Waals surface area contributed by atoms with Gasteiger partial charge in [0.1, 0.15) is 0 Å². The highest BCUT2D eigenvalue weighted by molar-refractivity contribution is 5.73. The van der Waals surface area contributed by atoms with Crippen LogP contribution in [0.3, 0.4) is 0 Å². The number of aromatic hydroxyl groups is 2. The summed E-state index contributed by atoms with van der Waals surface area (Å²) in [5.41, 5.74) is 1.79. The van der Waals surface area contributed by atoms with Crippen molar-refractivity contribution in [1.29, 1.82) is 0 Å². The van der Waals surface area contributed by atoms with E-state index in [2.05, 4.69) is 10.6 Å². The first-order chi connectivity index (χ1) is 8.54. The lowest BCUT2D eigenvalue weighted by atomic mass is 10.0. The molecule has 0 aliphatic heterocycles. The first-order valence-electron chi connectivity index (χ1n) is 6.07. The molecular weight excluding hydrogens is 232 g/mol. The lowest BCUT2D eigenvalue weighted by molar-refractivity contribution is 0.241. The number of carbonyl (C=O) groups excluding carboxylic acids is 1. The molecule has 4 N–H and O–H groups in total. The maximum atomic E-state index is 11.3. The summed E-state index contributed by atoms with van der Waals surface area (Å²) in [4.78, 5) is 11.3. The van der Waals surface area contributed by atoms with E-state index >= 15 is 0 Å². The minimum Gasteiger partial charge on any atom is -0.504 e. The molecule has 0 unspecified atom stereocenters. The van der Waals surface area contributed by atoms with Gasteiger partial charge in [0.05, 0.1) is 0 Å². The maximum Gasteiger partial charge on any atom is 0.314 e. The molecule has 0 atom stereocenters. The van der Waals surface area contributed by atoms with Crippen molar-refractivity contribution in [2.24, 2.45) is 0 Å². The summed E-state index contributed by atoms with van der Waals surface area (Å²) in [6, 6.07) is 2.86. The van der Waals surface area contributed by atoms with E-state index in [1.165, 1.54) is 12.1 Å².